The van der Waals surface area contributed by atoms with Crippen molar-refractivity contribution in [3.8, 4) is 39.8 Å². The minimum Gasteiger partial charge on any atom is -0.458 e. The van der Waals surface area contributed by atoms with E-state index in [2.05, 4.69) is 279 Å². The van der Waals surface area contributed by atoms with Gasteiger partial charge in [0.2, 0.25) is 6.33 Å². The molecule has 0 saturated heterocycles. The van der Waals surface area contributed by atoms with Gasteiger partial charge in [-0.1, -0.05) is 186 Å². The molecule has 0 amide bonds. The van der Waals surface area contributed by atoms with Gasteiger partial charge in [0.1, 0.15) is 17.3 Å². The van der Waals surface area contributed by atoms with Gasteiger partial charge in [-0.3, -0.25) is 4.57 Å². The summed E-state index contributed by atoms with van der Waals surface area (Å²) in [6.45, 7) is 30.8. The minimum absolute atomic E-state index is 0.0700. The van der Waals surface area contributed by atoms with Crippen molar-refractivity contribution in [2.75, 3.05) is 0 Å². The van der Waals surface area contributed by atoms with Crippen LogP contribution in [0.5, 0.6) is 11.5 Å². The lowest BCUT2D eigenvalue weighted by molar-refractivity contribution is -0.649. The average Bonchev–Trinajstić information content (AvgIpc) is 1.95. The maximum atomic E-state index is 7.18. The van der Waals surface area contributed by atoms with Crippen LogP contribution < -0.4 is 9.30 Å². The lowest BCUT2D eigenvalue weighted by atomic mass is 9.60. The standard InChI is InChI=1S/C73H69N5O/c1-43-34-65(74-41-64(43)77-58-26-18-15-22-48(58)49-23-16-19-27-59(49)77)78-60-28-20-17-24-50(60)51-32-30-46(39-62(51)78)79-47-31-33-54-63(40-47)76-42-75(14)61-29-21-25-55(68(61)76)73(54)66-52(35-44(69(2,3)4)37-56(66)71(8,9)10)53-36-45(70(5,6)7)38-57(67(53)73)72(11,12)13/h15-41H,1-14H3. The number of para-hydroxylation sites is 4. The summed E-state index contributed by atoms with van der Waals surface area (Å²) < 4.78 is 16.3. The Morgan fingerprint density at radius 2 is 1.00 bits per heavy atom. The van der Waals surface area contributed by atoms with Crippen molar-refractivity contribution < 1.29 is 9.30 Å². The first kappa shape index (κ1) is 49.1. The molecular formula is C73H69N5O. The lowest BCUT2D eigenvalue weighted by Gasteiger charge is -2.45. The Hall–Kier alpha value is -8.22. The second kappa shape index (κ2) is 16.4. The second-order valence-electron chi connectivity index (χ2n) is 26.8. The molecule has 2 aliphatic rings. The van der Waals surface area contributed by atoms with Crippen molar-refractivity contribution in [3.05, 3.63) is 220 Å². The van der Waals surface area contributed by atoms with Crippen molar-refractivity contribution in [2.24, 2.45) is 7.05 Å². The lowest BCUT2D eigenvalue weighted by Crippen LogP contribution is -2.38. The quantitative estimate of drug-likeness (QED) is 0.130. The summed E-state index contributed by atoms with van der Waals surface area (Å²) in [6, 6.07) is 58.7. The Morgan fingerprint density at radius 3 is 1.54 bits per heavy atom. The number of ether oxygens (including phenoxy) is 1. The fourth-order valence-electron chi connectivity index (χ4n) is 13.7. The maximum absolute atomic E-state index is 7.18. The van der Waals surface area contributed by atoms with E-state index in [1.807, 2.05) is 6.20 Å². The Balaban J connectivity index is 0.977. The number of fused-ring (bicyclic) bond motifs is 15. The molecule has 6 heteroatoms. The highest BCUT2D eigenvalue weighted by Crippen LogP contribution is 2.65. The number of imidazole rings is 1. The van der Waals surface area contributed by atoms with Gasteiger partial charge in [0.15, 0.2) is 0 Å². The molecule has 14 rings (SSSR count). The third-order valence-electron chi connectivity index (χ3n) is 17.5. The van der Waals surface area contributed by atoms with Crippen LogP contribution in [0.15, 0.2) is 164 Å². The van der Waals surface area contributed by atoms with Crippen molar-refractivity contribution in [1.82, 2.24) is 18.7 Å². The van der Waals surface area contributed by atoms with Gasteiger partial charge in [0.25, 0.3) is 0 Å². The molecule has 79 heavy (non-hydrogen) atoms. The summed E-state index contributed by atoms with van der Waals surface area (Å²) in [7, 11) is 2.13. The first-order chi connectivity index (χ1) is 37.5. The summed E-state index contributed by atoms with van der Waals surface area (Å²) in [5, 5.41) is 4.77. The third-order valence-corrected chi connectivity index (χ3v) is 17.5. The van der Waals surface area contributed by atoms with Crippen LogP contribution in [0.4, 0.5) is 0 Å². The number of aryl methyl sites for hydroxylation is 2. The molecule has 1 aliphatic carbocycles. The Labute approximate surface area is 464 Å². The van der Waals surface area contributed by atoms with Gasteiger partial charge in [-0.15, -0.1) is 0 Å². The van der Waals surface area contributed by atoms with Crippen LogP contribution in [0.25, 0.3) is 83.0 Å². The molecule has 392 valence electrons. The van der Waals surface area contributed by atoms with E-state index in [-0.39, 0.29) is 21.7 Å². The van der Waals surface area contributed by atoms with E-state index in [1.54, 1.807) is 0 Å². The van der Waals surface area contributed by atoms with Crippen LogP contribution in [0.2, 0.25) is 0 Å². The van der Waals surface area contributed by atoms with Gasteiger partial charge in [-0.2, -0.15) is 0 Å². The number of hydrogen-bond acceptors (Lipinski definition) is 2. The highest BCUT2D eigenvalue weighted by atomic mass is 16.5. The van der Waals surface area contributed by atoms with Gasteiger partial charge >= 0.3 is 0 Å². The maximum Gasteiger partial charge on any atom is 0.244 e. The molecule has 1 aliphatic heterocycles. The SMILES string of the molecule is Cc1cc(-n2c3ccccc3c3ccc(Oc4ccc5c(c4)-n4[c-][n+](C)c6cccc(c64)C54c5c(cc(C(C)(C)C)cc5C(C)(C)C)-c5cc(C(C)(C)C)cc(C(C)(C)C)c54)cc32)ncc1-n1c2ccccc2c2ccccc21. The van der Waals surface area contributed by atoms with Crippen molar-refractivity contribution in [2.45, 2.75) is 117 Å². The van der Waals surface area contributed by atoms with Gasteiger partial charge in [0.05, 0.1) is 63.1 Å². The molecule has 4 aromatic heterocycles. The first-order valence-corrected chi connectivity index (χ1v) is 28.2. The highest BCUT2D eigenvalue weighted by Gasteiger charge is 2.54. The summed E-state index contributed by atoms with van der Waals surface area (Å²) in [6.07, 6.45) is 5.85. The van der Waals surface area contributed by atoms with Gasteiger partial charge in [-0.05, 0) is 138 Å². The van der Waals surface area contributed by atoms with Crippen LogP contribution in [-0.2, 0) is 34.1 Å². The fourth-order valence-corrected chi connectivity index (χ4v) is 13.7. The largest absolute Gasteiger partial charge is 0.458 e. The molecule has 0 radical (unpaired) electrons. The Morgan fingerprint density at radius 1 is 0.481 bits per heavy atom. The van der Waals surface area contributed by atoms with Gasteiger partial charge < -0.3 is 18.4 Å². The molecule has 0 atom stereocenters. The van der Waals surface area contributed by atoms with E-state index >= 15 is 0 Å². The van der Waals surface area contributed by atoms with Crippen LogP contribution in [-0.4, -0.2) is 18.7 Å². The predicted octanol–water partition coefficient (Wildman–Crippen LogP) is 17.8. The van der Waals surface area contributed by atoms with Crippen LogP contribution in [0.3, 0.4) is 0 Å². The molecule has 0 N–H and O–H groups in total. The fraction of sp³-hybridized carbons (Fsp3) is 0.260. The topological polar surface area (TPSA) is 40.8 Å². The molecule has 8 aromatic carbocycles. The first-order valence-electron chi connectivity index (χ1n) is 28.2. The molecule has 12 aromatic rings. The van der Waals surface area contributed by atoms with E-state index in [0.29, 0.717) is 0 Å². The van der Waals surface area contributed by atoms with E-state index in [4.69, 9.17) is 9.72 Å². The average molecular weight is 1030 g/mol. The van der Waals surface area contributed by atoms with E-state index in [9.17, 15) is 0 Å². The molecule has 1 spiro atoms. The van der Waals surface area contributed by atoms with Gasteiger partial charge in [0, 0.05) is 27.6 Å². The molecule has 0 fully saturated rings. The zero-order valence-electron chi connectivity index (χ0n) is 48.2. The number of pyridine rings is 1. The summed E-state index contributed by atoms with van der Waals surface area (Å²) >= 11 is 0. The normalized spacial score (nSPS) is 14.1. The Kier molecular flexibility index (Phi) is 10.2. The smallest absolute Gasteiger partial charge is 0.244 e. The van der Waals surface area contributed by atoms with E-state index in [1.165, 1.54) is 88.3 Å². The van der Waals surface area contributed by atoms with E-state index in [0.717, 1.165) is 56.2 Å². The zero-order chi connectivity index (χ0) is 55.0. The van der Waals surface area contributed by atoms with Crippen molar-refractivity contribution >= 4 is 54.6 Å². The minimum atomic E-state index is -0.673. The summed E-state index contributed by atoms with van der Waals surface area (Å²) in [4.78, 5) is 5.29. The third kappa shape index (κ3) is 7.01. The summed E-state index contributed by atoms with van der Waals surface area (Å²) in [5.74, 6) is 2.36. The molecular weight excluding hydrogens is 963 g/mol. The van der Waals surface area contributed by atoms with Crippen LogP contribution in [0.1, 0.15) is 133 Å². The summed E-state index contributed by atoms with van der Waals surface area (Å²) in [5.41, 5.74) is 22.3. The Bertz CT molecular complexity index is 4450. The number of nitrogens with zero attached hydrogens (tertiary/aromatic N) is 5. The van der Waals surface area contributed by atoms with Crippen LogP contribution >= 0.6 is 0 Å². The molecule has 0 saturated carbocycles. The monoisotopic (exact) mass is 1030 g/mol. The highest BCUT2D eigenvalue weighted by molar-refractivity contribution is 6.11. The van der Waals surface area contributed by atoms with Gasteiger partial charge in [-0.25, -0.2) is 4.98 Å². The number of hydrogen-bond donors (Lipinski definition) is 0. The molecule has 0 unspecified atom stereocenters. The molecule has 5 heterocycles. The van der Waals surface area contributed by atoms with Crippen molar-refractivity contribution in [1.29, 1.82) is 0 Å². The number of benzene rings is 8. The van der Waals surface area contributed by atoms with Crippen LogP contribution in [0, 0.1) is 13.3 Å². The number of rotatable bonds is 4. The molecule has 0 bridgehead atoms. The second-order valence-corrected chi connectivity index (χ2v) is 26.8. The number of aromatic nitrogens is 5. The van der Waals surface area contributed by atoms with E-state index < -0.39 is 5.41 Å². The predicted molar refractivity (Wildman–Crippen MR) is 327 cm³/mol. The molecule has 6 nitrogen and oxygen atoms in total. The zero-order valence-corrected chi connectivity index (χ0v) is 48.2. The van der Waals surface area contributed by atoms with Crippen molar-refractivity contribution in [3.63, 3.8) is 0 Å².